The van der Waals surface area contributed by atoms with Gasteiger partial charge in [0.15, 0.2) is 11.6 Å². The number of ether oxygens (including phenoxy) is 2. The maximum absolute atomic E-state index is 13.6. The molecule has 1 aromatic carbocycles. The minimum Gasteiger partial charge on any atom is -0.490 e. The third-order valence-electron chi connectivity index (χ3n) is 3.58. The smallest absolute Gasteiger partial charge is 0.309 e. The first kappa shape index (κ1) is 11.8. The molecule has 96 valence electrons. The minimum atomic E-state index is -0.428. The summed E-state index contributed by atoms with van der Waals surface area (Å²) in [5, 5.41) is 0.452. The lowest BCUT2D eigenvalue weighted by Gasteiger charge is -2.17. The molecule has 1 fully saturated rings. The summed E-state index contributed by atoms with van der Waals surface area (Å²) in [5.74, 6) is -0.723. The lowest BCUT2D eigenvalue weighted by atomic mass is 10.0. The van der Waals surface area contributed by atoms with E-state index in [1.807, 2.05) is 0 Å². The van der Waals surface area contributed by atoms with Gasteiger partial charge >= 0.3 is 5.97 Å². The van der Waals surface area contributed by atoms with Gasteiger partial charge in [0.05, 0.1) is 19.1 Å². The summed E-state index contributed by atoms with van der Waals surface area (Å²) in [6.45, 7) is 2.46. The predicted molar refractivity (Wildman–Crippen MR) is 63.3 cm³/mol. The fraction of sp³-hybridized carbons (Fsp3) is 0.462. The van der Waals surface area contributed by atoms with E-state index in [1.165, 1.54) is 12.1 Å². The average molecular weight is 271 g/mol. The first-order valence-corrected chi connectivity index (χ1v) is 6.30. The van der Waals surface area contributed by atoms with E-state index in [0.717, 1.165) is 0 Å². The van der Waals surface area contributed by atoms with Gasteiger partial charge in [-0.15, -0.1) is 0 Å². The summed E-state index contributed by atoms with van der Waals surface area (Å²) in [4.78, 5) is 11.8. The van der Waals surface area contributed by atoms with Gasteiger partial charge in [-0.3, -0.25) is 4.79 Å². The fourth-order valence-electron chi connectivity index (χ4n) is 2.72. The Labute approximate surface area is 109 Å². The van der Waals surface area contributed by atoms with Crippen molar-refractivity contribution in [3.63, 3.8) is 0 Å². The number of carbonyl (C=O) groups is 1. The molecule has 0 spiro atoms. The molecule has 2 aliphatic rings. The summed E-state index contributed by atoms with van der Waals surface area (Å²) in [5.41, 5.74) is 0.617. The Morgan fingerprint density at radius 2 is 2.39 bits per heavy atom. The van der Waals surface area contributed by atoms with Gasteiger partial charge in [-0.25, -0.2) is 4.39 Å². The van der Waals surface area contributed by atoms with Crippen molar-refractivity contribution in [2.45, 2.75) is 12.8 Å². The summed E-state index contributed by atoms with van der Waals surface area (Å²) in [6, 6.07) is 2.78. The molecule has 0 saturated heterocycles. The van der Waals surface area contributed by atoms with Gasteiger partial charge in [-0.2, -0.15) is 0 Å². The number of fused-ring (bicyclic) bond motifs is 3. The van der Waals surface area contributed by atoms with E-state index in [9.17, 15) is 9.18 Å². The molecule has 1 aliphatic carbocycles. The molecular formula is C13H12ClFO3. The molecule has 0 amide bonds. The second kappa shape index (κ2) is 4.12. The summed E-state index contributed by atoms with van der Waals surface area (Å²) in [6.07, 6.45) is 0. The van der Waals surface area contributed by atoms with E-state index in [4.69, 9.17) is 21.1 Å². The quantitative estimate of drug-likeness (QED) is 0.775. The highest BCUT2D eigenvalue weighted by Gasteiger charge is 2.60. The van der Waals surface area contributed by atoms with Gasteiger partial charge in [0.1, 0.15) is 0 Å². The van der Waals surface area contributed by atoms with Crippen LogP contribution in [0.25, 0.3) is 0 Å². The molecule has 1 saturated carbocycles. The van der Waals surface area contributed by atoms with Gasteiger partial charge < -0.3 is 9.47 Å². The minimum absolute atomic E-state index is 0.0593. The molecule has 3 unspecified atom stereocenters. The van der Waals surface area contributed by atoms with E-state index >= 15 is 0 Å². The molecule has 0 aromatic heterocycles. The van der Waals surface area contributed by atoms with Gasteiger partial charge in [0.2, 0.25) is 0 Å². The molecular weight excluding hydrogens is 259 g/mol. The SMILES string of the molecule is CCOC(=O)C1C2COc3c(F)ccc(Cl)c3C21. The molecule has 5 heteroatoms. The zero-order valence-electron chi connectivity index (χ0n) is 9.78. The van der Waals surface area contributed by atoms with Gasteiger partial charge in [-0.05, 0) is 19.1 Å². The third kappa shape index (κ3) is 1.59. The summed E-state index contributed by atoms with van der Waals surface area (Å²) in [7, 11) is 0. The highest BCUT2D eigenvalue weighted by Crippen LogP contribution is 2.61. The molecule has 3 nitrogen and oxygen atoms in total. The summed E-state index contributed by atoms with van der Waals surface area (Å²) < 4.78 is 24.0. The molecule has 0 radical (unpaired) electrons. The van der Waals surface area contributed by atoms with Crippen LogP contribution in [0.4, 0.5) is 4.39 Å². The van der Waals surface area contributed by atoms with E-state index < -0.39 is 5.82 Å². The maximum Gasteiger partial charge on any atom is 0.309 e. The zero-order chi connectivity index (χ0) is 12.9. The fourth-order valence-corrected chi connectivity index (χ4v) is 3.00. The van der Waals surface area contributed by atoms with Gasteiger partial charge in [0.25, 0.3) is 0 Å². The van der Waals surface area contributed by atoms with Crippen LogP contribution in [0, 0.1) is 17.7 Å². The number of halogens is 2. The van der Waals surface area contributed by atoms with E-state index in [0.29, 0.717) is 23.8 Å². The summed E-state index contributed by atoms with van der Waals surface area (Å²) >= 11 is 6.08. The predicted octanol–water partition coefficient (Wildman–Crippen LogP) is 2.76. The van der Waals surface area contributed by atoms with E-state index in [-0.39, 0.29) is 29.5 Å². The molecule has 1 aromatic rings. The lowest BCUT2D eigenvalue weighted by molar-refractivity contribution is -0.145. The number of benzene rings is 1. The van der Waals surface area contributed by atoms with Crippen molar-refractivity contribution in [3.8, 4) is 5.75 Å². The van der Waals surface area contributed by atoms with Crippen molar-refractivity contribution in [2.24, 2.45) is 11.8 Å². The number of hydrogen-bond donors (Lipinski definition) is 0. The Morgan fingerprint density at radius 3 is 3.11 bits per heavy atom. The molecule has 3 atom stereocenters. The van der Waals surface area contributed by atoms with Crippen molar-refractivity contribution in [2.75, 3.05) is 13.2 Å². The van der Waals surface area contributed by atoms with Gasteiger partial charge in [0, 0.05) is 22.4 Å². The first-order chi connectivity index (χ1) is 8.65. The Bertz CT molecular complexity index is 517. The first-order valence-electron chi connectivity index (χ1n) is 5.92. The number of carbonyl (C=O) groups excluding carboxylic acids is 1. The Kier molecular flexibility index (Phi) is 2.70. The van der Waals surface area contributed by atoms with Crippen LogP contribution in [0.3, 0.4) is 0 Å². The molecule has 3 rings (SSSR count). The average Bonchev–Trinajstić information content (AvgIpc) is 3.08. The van der Waals surface area contributed by atoms with Gasteiger partial charge in [-0.1, -0.05) is 11.6 Å². The lowest BCUT2D eigenvalue weighted by Crippen LogP contribution is -2.11. The molecule has 1 aliphatic heterocycles. The van der Waals surface area contributed by atoms with E-state index in [1.54, 1.807) is 6.92 Å². The Hall–Kier alpha value is -1.29. The largest absolute Gasteiger partial charge is 0.490 e. The monoisotopic (exact) mass is 270 g/mol. The zero-order valence-corrected chi connectivity index (χ0v) is 10.5. The van der Waals surface area contributed by atoms with Crippen LogP contribution >= 0.6 is 11.6 Å². The van der Waals surface area contributed by atoms with Crippen molar-refractivity contribution in [1.82, 2.24) is 0 Å². The van der Waals surface area contributed by atoms with Crippen LogP contribution in [0.1, 0.15) is 18.4 Å². The van der Waals surface area contributed by atoms with Crippen molar-refractivity contribution >= 4 is 17.6 Å². The van der Waals surface area contributed by atoms with Crippen LogP contribution < -0.4 is 4.74 Å². The van der Waals surface area contributed by atoms with Crippen LogP contribution in [0.5, 0.6) is 5.75 Å². The van der Waals surface area contributed by atoms with Crippen molar-refractivity contribution < 1.29 is 18.7 Å². The Morgan fingerprint density at radius 1 is 1.61 bits per heavy atom. The molecule has 18 heavy (non-hydrogen) atoms. The normalized spacial score (nSPS) is 27.8. The Balaban J connectivity index is 1.95. The number of hydrogen-bond acceptors (Lipinski definition) is 3. The number of esters is 1. The molecule has 1 heterocycles. The van der Waals surface area contributed by atoms with Crippen molar-refractivity contribution in [3.05, 3.63) is 28.5 Å². The van der Waals surface area contributed by atoms with Crippen molar-refractivity contribution in [1.29, 1.82) is 0 Å². The van der Waals surface area contributed by atoms with Crippen LogP contribution in [-0.2, 0) is 9.53 Å². The highest BCUT2D eigenvalue weighted by molar-refractivity contribution is 6.31. The third-order valence-corrected chi connectivity index (χ3v) is 3.91. The second-order valence-electron chi connectivity index (χ2n) is 4.55. The van der Waals surface area contributed by atoms with Crippen LogP contribution in [-0.4, -0.2) is 19.2 Å². The van der Waals surface area contributed by atoms with E-state index in [2.05, 4.69) is 0 Å². The topological polar surface area (TPSA) is 35.5 Å². The van der Waals surface area contributed by atoms with Crippen LogP contribution in [0.2, 0.25) is 5.02 Å². The standard InChI is InChI=1S/C13H12ClFO3/c1-2-17-13(16)10-6-5-18-12-8(15)4-3-7(14)11(12)9(6)10/h3-4,6,9-10H,2,5H2,1H3. The highest BCUT2D eigenvalue weighted by atomic mass is 35.5. The number of rotatable bonds is 2. The maximum atomic E-state index is 13.6. The second-order valence-corrected chi connectivity index (χ2v) is 4.96. The van der Waals surface area contributed by atoms with Crippen LogP contribution in [0.15, 0.2) is 12.1 Å². The molecule has 0 N–H and O–H groups in total. The molecule has 0 bridgehead atoms.